The van der Waals surface area contributed by atoms with Crippen LogP contribution in [0.4, 0.5) is 0 Å². The lowest BCUT2D eigenvalue weighted by atomic mass is 10.1. The van der Waals surface area contributed by atoms with Crippen molar-refractivity contribution in [3.63, 3.8) is 0 Å². The smallest absolute Gasteiger partial charge is 0.343 e. The first-order valence-electron chi connectivity index (χ1n) is 13.0. The van der Waals surface area contributed by atoms with E-state index >= 15 is 0 Å². The Morgan fingerprint density at radius 3 is 2.11 bits per heavy atom. The molecule has 36 heavy (non-hydrogen) atoms. The number of carbonyl (C=O) groups is 2. The first-order valence-corrected chi connectivity index (χ1v) is 13.8. The van der Waals surface area contributed by atoms with Crippen molar-refractivity contribution in [2.24, 2.45) is 5.10 Å². The van der Waals surface area contributed by atoms with E-state index in [9.17, 15) is 9.59 Å². The third-order valence-corrected chi connectivity index (χ3v) is 6.39. The molecular weight excluding hydrogens is 520 g/mol. The van der Waals surface area contributed by atoms with Crippen molar-refractivity contribution < 1.29 is 19.1 Å². The van der Waals surface area contributed by atoms with Gasteiger partial charge in [0.15, 0.2) is 0 Å². The van der Waals surface area contributed by atoms with Crippen LogP contribution in [0.5, 0.6) is 11.5 Å². The van der Waals surface area contributed by atoms with E-state index in [4.69, 9.17) is 9.47 Å². The summed E-state index contributed by atoms with van der Waals surface area (Å²) in [7, 11) is 1.57. The number of hydrogen-bond acceptors (Lipinski definition) is 5. The van der Waals surface area contributed by atoms with E-state index < -0.39 is 5.97 Å². The SMILES string of the molecule is CCCCCCCCCCCCCC(=O)NN=Cc1cc(Br)ccc1OC(=O)c1ccc(OC)cc1. The largest absolute Gasteiger partial charge is 0.497 e. The fourth-order valence-electron chi connectivity index (χ4n) is 3.78. The molecule has 1 N–H and O–H groups in total. The first-order chi connectivity index (χ1) is 17.5. The Balaban J connectivity index is 1.71. The van der Waals surface area contributed by atoms with Crippen molar-refractivity contribution in [3.05, 3.63) is 58.1 Å². The number of nitrogens with one attached hydrogen (secondary N) is 1. The Bertz CT molecular complexity index is 960. The second kappa shape index (κ2) is 17.7. The summed E-state index contributed by atoms with van der Waals surface area (Å²) in [5, 5.41) is 4.06. The summed E-state index contributed by atoms with van der Waals surface area (Å²) in [6.45, 7) is 2.25. The molecule has 0 saturated carbocycles. The third kappa shape index (κ3) is 11.8. The zero-order chi connectivity index (χ0) is 26.0. The lowest BCUT2D eigenvalue weighted by molar-refractivity contribution is -0.121. The number of hydrazone groups is 1. The molecule has 0 spiro atoms. The van der Waals surface area contributed by atoms with Crippen LogP contribution in [0.15, 0.2) is 52.0 Å². The summed E-state index contributed by atoms with van der Waals surface area (Å²) in [6, 6.07) is 11.9. The van der Waals surface area contributed by atoms with Gasteiger partial charge in [-0.2, -0.15) is 5.10 Å². The topological polar surface area (TPSA) is 77.0 Å². The molecule has 6 nitrogen and oxygen atoms in total. The van der Waals surface area contributed by atoms with Crippen molar-refractivity contribution in [1.82, 2.24) is 5.43 Å². The van der Waals surface area contributed by atoms with E-state index in [2.05, 4.69) is 33.4 Å². The number of rotatable bonds is 17. The second-order valence-corrected chi connectivity index (χ2v) is 9.79. The van der Waals surface area contributed by atoms with Crippen molar-refractivity contribution in [2.75, 3.05) is 7.11 Å². The minimum absolute atomic E-state index is 0.117. The minimum atomic E-state index is -0.491. The van der Waals surface area contributed by atoms with Gasteiger partial charge in [0.1, 0.15) is 11.5 Å². The van der Waals surface area contributed by atoms with Gasteiger partial charge in [-0.3, -0.25) is 4.79 Å². The van der Waals surface area contributed by atoms with Crippen LogP contribution < -0.4 is 14.9 Å². The van der Waals surface area contributed by atoms with Crippen LogP contribution in [0.1, 0.15) is 99.9 Å². The van der Waals surface area contributed by atoms with Gasteiger partial charge >= 0.3 is 5.97 Å². The fourth-order valence-corrected chi connectivity index (χ4v) is 4.16. The molecule has 2 aromatic carbocycles. The summed E-state index contributed by atoms with van der Waals surface area (Å²) >= 11 is 3.42. The molecule has 1 amide bonds. The molecule has 0 aromatic heterocycles. The molecule has 0 unspecified atom stereocenters. The molecule has 196 valence electrons. The Hall–Kier alpha value is -2.67. The number of benzene rings is 2. The Morgan fingerprint density at radius 2 is 1.50 bits per heavy atom. The van der Waals surface area contributed by atoms with Gasteiger partial charge in [0.05, 0.1) is 18.9 Å². The van der Waals surface area contributed by atoms with Crippen LogP contribution >= 0.6 is 15.9 Å². The van der Waals surface area contributed by atoms with E-state index in [1.165, 1.54) is 64.0 Å². The Labute approximate surface area is 224 Å². The molecule has 0 aliphatic heterocycles. The van der Waals surface area contributed by atoms with E-state index in [1.54, 1.807) is 49.6 Å². The number of halogens is 1. The molecule has 0 radical (unpaired) electrons. The van der Waals surface area contributed by atoms with Crippen molar-refractivity contribution in [2.45, 2.75) is 84.0 Å². The average Bonchev–Trinajstić information content (AvgIpc) is 2.88. The van der Waals surface area contributed by atoms with Crippen LogP contribution in [0.3, 0.4) is 0 Å². The lowest BCUT2D eigenvalue weighted by Crippen LogP contribution is -2.17. The number of amides is 1. The predicted octanol–water partition coefficient (Wildman–Crippen LogP) is 7.83. The van der Waals surface area contributed by atoms with Crippen molar-refractivity contribution in [1.29, 1.82) is 0 Å². The molecule has 0 heterocycles. The summed E-state index contributed by atoms with van der Waals surface area (Å²) in [5.41, 5.74) is 3.55. The number of methoxy groups -OCH3 is 1. The maximum atomic E-state index is 12.5. The van der Waals surface area contributed by atoms with Gasteiger partial charge in [-0.1, -0.05) is 87.1 Å². The molecule has 2 rings (SSSR count). The van der Waals surface area contributed by atoms with E-state index in [0.29, 0.717) is 29.0 Å². The summed E-state index contributed by atoms with van der Waals surface area (Å²) in [5.74, 6) is 0.401. The Kier molecular flexibility index (Phi) is 14.5. The molecule has 7 heteroatoms. The fraction of sp³-hybridized carbons (Fsp3) is 0.483. The van der Waals surface area contributed by atoms with Gasteiger partial charge in [-0.05, 0) is 48.9 Å². The van der Waals surface area contributed by atoms with Crippen molar-refractivity contribution in [3.8, 4) is 11.5 Å². The molecule has 0 fully saturated rings. The highest BCUT2D eigenvalue weighted by Crippen LogP contribution is 2.23. The first kappa shape index (κ1) is 29.6. The van der Waals surface area contributed by atoms with Crippen LogP contribution in [-0.2, 0) is 4.79 Å². The lowest BCUT2D eigenvalue weighted by Gasteiger charge is -2.08. The maximum Gasteiger partial charge on any atom is 0.343 e. The highest BCUT2D eigenvalue weighted by Gasteiger charge is 2.12. The normalized spacial score (nSPS) is 11.0. The quantitative estimate of drug-likeness (QED) is 0.0705. The standard InChI is InChI=1S/C29H39BrN2O4/c1-3-4-5-6-7-8-9-10-11-12-13-14-28(33)32-31-22-24-21-25(30)17-20-27(24)36-29(34)23-15-18-26(35-2)19-16-23/h15-22H,3-14H2,1-2H3,(H,32,33). The molecule has 2 aromatic rings. The zero-order valence-electron chi connectivity index (χ0n) is 21.6. The van der Waals surface area contributed by atoms with Gasteiger partial charge in [0, 0.05) is 16.5 Å². The number of hydrogen-bond donors (Lipinski definition) is 1. The molecule has 0 aliphatic carbocycles. The number of nitrogens with zero attached hydrogens (tertiary/aromatic N) is 1. The predicted molar refractivity (Wildman–Crippen MR) is 149 cm³/mol. The van der Waals surface area contributed by atoms with Crippen LogP contribution in [0.2, 0.25) is 0 Å². The monoisotopic (exact) mass is 558 g/mol. The molecule has 0 saturated heterocycles. The van der Waals surface area contributed by atoms with Crippen molar-refractivity contribution >= 4 is 34.0 Å². The number of unbranched alkanes of at least 4 members (excludes halogenated alkanes) is 10. The highest BCUT2D eigenvalue weighted by atomic mass is 79.9. The third-order valence-electron chi connectivity index (χ3n) is 5.90. The summed E-state index contributed by atoms with van der Waals surface area (Å²) in [4.78, 5) is 24.7. The molecule has 0 atom stereocenters. The molecule has 0 aliphatic rings. The minimum Gasteiger partial charge on any atom is -0.497 e. The summed E-state index contributed by atoms with van der Waals surface area (Å²) in [6.07, 6.45) is 15.6. The van der Waals surface area contributed by atoms with Gasteiger partial charge in [-0.15, -0.1) is 0 Å². The average molecular weight is 560 g/mol. The number of ether oxygens (including phenoxy) is 2. The number of esters is 1. The van der Waals surface area contributed by atoms with Gasteiger partial charge in [0.2, 0.25) is 5.91 Å². The number of carbonyl (C=O) groups excluding carboxylic acids is 2. The van der Waals surface area contributed by atoms with E-state index in [-0.39, 0.29) is 5.91 Å². The highest BCUT2D eigenvalue weighted by molar-refractivity contribution is 9.10. The van der Waals surface area contributed by atoms with Crippen LogP contribution in [-0.4, -0.2) is 25.2 Å². The van der Waals surface area contributed by atoms with Gasteiger partial charge < -0.3 is 9.47 Å². The van der Waals surface area contributed by atoms with Crippen LogP contribution in [0, 0.1) is 0 Å². The van der Waals surface area contributed by atoms with Gasteiger partial charge in [0.25, 0.3) is 0 Å². The van der Waals surface area contributed by atoms with E-state index in [0.717, 1.165) is 17.3 Å². The zero-order valence-corrected chi connectivity index (χ0v) is 23.1. The van der Waals surface area contributed by atoms with Crippen LogP contribution in [0.25, 0.3) is 0 Å². The van der Waals surface area contributed by atoms with Gasteiger partial charge in [-0.25, -0.2) is 10.2 Å². The van der Waals surface area contributed by atoms with E-state index in [1.807, 2.05) is 0 Å². The maximum absolute atomic E-state index is 12.5. The Morgan fingerprint density at radius 1 is 0.889 bits per heavy atom. The summed E-state index contributed by atoms with van der Waals surface area (Å²) < 4.78 is 11.5. The molecular formula is C29H39BrN2O4. The second-order valence-electron chi connectivity index (χ2n) is 8.88. The molecule has 0 bridgehead atoms.